The molecular formula is C21H39N3O3. The van der Waals surface area contributed by atoms with Crippen molar-refractivity contribution in [3.63, 3.8) is 0 Å². The molecule has 0 radical (unpaired) electrons. The van der Waals surface area contributed by atoms with Crippen LogP contribution >= 0.6 is 0 Å². The fourth-order valence-electron chi connectivity index (χ4n) is 3.37. The molecule has 27 heavy (non-hydrogen) atoms. The number of carbonyl (C=O) groups is 3. The molecule has 1 unspecified atom stereocenters. The average Bonchev–Trinajstić information content (AvgIpc) is 2.89. The summed E-state index contributed by atoms with van der Waals surface area (Å²) in [7, 11) is 0. The number of hydrogen-bond donors (Lipinski definition) is 2. The molecule has 1 aliphatic heterocycles. The zero-order valence-electron chi connectivity index (χ0n) is 17.7. The minimum Gasteiger partial charge on any atom is -0.291 e. The molecule has 156 valence electrons. The van der Waals surface area contributed by atoms with Crippen LogP contribution in [0.5, 0.6) is 0 Å². The number of unbranched alkanes of at least 4 members (excludes halogenated alkanes) is 7. The lowest BCUT2D eigenvalue weighted by atomic mass is 9.94. The molecule has 0 spiro atoms. The number of nitrogens with one attached hydrogen (secondary N) is 2. The summed E-state index contributed by atoms with van der Waals surface area (Å²) in [5.41, 5.74) is 5.62. The largest absolute Gasteiger partial charge is 0.291 e. The summed E-state index contributed by atoms with van der Waals surface area (Å²) in [6.45, 7) is 8.58. The Morgan fingerprint density at radius 3 is 2.04 bits per heavy atom. The molecule has 0 aromatic heterocycles. The molecule has 0 aromatic carbocycles. The topological polar surface area (TPSA) is 78.5 Å². The third kappa shape index (κ3) is 9.36. The van der Waals surface area contributed by atoms with Crippen LogP contribution in [-0.4, -0.2) is 35.2 Å². The van der Waals surface area contributed by atoms with Crippen LogP contribution in [0, 0.1) is 11.8 Å². The molecule has 1 fully saturated rings. The Hall–Kier alpha value is -1.43. The lowest BCUT2D eigenvalue weighted by molar-refractivity contribution is -0.139. The molecule has 1 rings (SSSR count). The molecule has 0 saturated carbocycles. The van der Waals surface area contributed by atoms with E-state index >= 15 is 0 Å². The van der Waals surface area contributed by atoms with Crippen molar-refractivity contribution in [3.8, 4) is 0 Å². The molecule has 1 atom stereocenters. The van der Waals surface area contributed by atoms with Gasteiger partial charge in [-0.25, -0.2) is 5.43 Å². The van der Waals surface area contributed by atoms with Crippen LogP contribution in [0.25, 0.3) is 0 Å². The molecule has 0 bridgehead atoms. The van der Waals surface area contributed by atoms with E-state index in [1.165, 1.54) is 17.7 Å². The number of rotatable bonds is 14. The molecule has 1 aliphatic rings. The quantitative estimate of drug-likeness (QED) is 0.274. The van der Waals surface area contributed by atoms with Gasteiger partial charge < -0.3 is 0 Å². The summed E-state index contributed by atoms with van der Waals surface area (Å²) >= 11 is 0. The molecule has 6 nitrogen and oxygen atoms in total. The average molecular weight is 382 g/mol. The van der Waals surface area contributed by atoms with Crippen LogP contribution in [-0.2, 0) is 14.4 Å². The van der Waals surface area contributed by atoms with E-state index in [0.717, 1.165) is 38.5 Å². The standard InChI is InChI=1S/C21H39N3O3/c1-16(2)18-15-20(26)24(21(18)27)14-12-10-8-6-5-7-9-11-13-19(25)23-22-17(3)4/h16-18,22H,5-15H2,1-4H3,(H,23,25). The predicted molar refractivity (Wildman–Crippen MR) is 108 cm³/mol. The summed E-state index contributed by atoms with van der Waals surface area (Å²) in [6, 6.07) is 0.257. The minimum absolute atomic E-state index is 0.00586. The van der Waals surface area contributed by atoms with Gasteiger partial charge in [0.25, 0.3) is 0 Å². The number of hydrazine groups is 1. The number of hydrogen-bond acceptors (Lipinski definition) is 4. The van der Waals surface area contributed by atoms with E-state index in [0.29, 0.717) is 19.4 Å². The zero-order chi connectivity index (χ0) is 20.2. The maximum atomic E-state index is 12.2. The fourth-order valence-corrected chi connectivity index (χ4v) is 3.37. The van der Waals surface area contributed by atoms with Crippen molar-refractivity contribution in [2.45, 2.75) is 97.9 Å². The smallest absolute Gasteiger partial charge is 0.234 e. The van der Waals surface area contributed by atoms with E-state index in [-0.39, 0.29) is 35.6 Å². The fraction of sp³-hybridized carbons (Fsp3) is 0.857. The third-order valence-electron chi connectivity index (χ3n) is 5.12. The van der Waals surface area contributed by atoms with Crippen molar-refractivity contribution in [2.24, 2.45) is 11.8 Å². The van der Waals surface area contributed by atoms with Crippen LogP contribution in [0.1, 0.15) is 91.9 Å². The highest BCUT2D eigenvalue weighted by Crippen LogP contribution is 2.26. The van der Waals surface area contributed by atoms with Crippen molar-refractivity contribution in [2.75, 3.05) is 6.54 Å². The first kappa shape index (κ1) is 23.6. The molecule has 3 amide bonds. The van der Waals surface area contributed by atoms with Gasteiger partial charge in [-0.15, -0.1) is 0 Å². The summed E-state index contributed by atoms with van der Waals surface area (Å²) in [4.78, 5) is 37.2. The predicted octanol–water partition coefficient (Wildman–Crippen LogP) is 3.56. The monoisotopic (exact) mass is 381 g/mol. The van der Waals surface area contributed by atoms with E-state index < -0.39 is 0 Å². The Morgan fingerprint density at radius 2 is 1.52 bits per heavy atom. The van der Waals surface area contributed by atoms with Gasteiger partial charge in [0.05, 0.1) is 0 Å². The normalized spacial score (nSPS) is 17.4. The number of imide groups is 1. The second-order valence-electron chi connectivity index (χ2n) is 8.36. The van der Waals surface area contributed by atoms with E-state index in [1.54, 1.807) is 0 Å². The Labute approximate surface area is 164 Å². The minimum atomic E-state index is -0.110. The van der Waals surface area contributed by atoms with Crippen molar-refractivity contribution in [1.29, 1.82) is 0 Å². The summed E-state index contributed by atoms with van der Waals surface area (Å²) < 4.78 is 0. The van der Waals surface area contributed by atoms with Crippen LogP contribution in [0.3, 0.4) is 0 Å². The molecule has 6 heteroatoms. The van der Waals surface area contributed by atoms with E-state index in [9.17, 15) is 14.4 Å². The number of carbonyl (C=O) groups excluding carboxylic acids is 3. The highest BCUT2D eigenvalue weighted by atomic mass is 16.2. The van der Waals surface area contributed by atoms with Gasteiger partial charge in [0.15, 0.2) is 0 Å². The summed E-state index contributed by atoms with van der Waals surface area (Å²) in [6.07, 6.45) is 9.62. The van der Waals surface area contributed by atoms with Gasteiger partial charge in [0, 0.05) is 31.3 Å². The highest BCUT2D eigenvalue weighted by Gasteiger charge is 2.39. The van der Waals surface area contributed by atoms with Gasteiger partial charge in [0.1, 0.15) is 0 Å². The van der Waals surface area contributed by atoms with Crippen LogP contribution in [0.4, 0.5) is 0 Å². The van der Waals surface area contributed by atoms with E-state index in [2.05, 4.69) is 10.9 Å². The SMILES string of the molecule is CC(C)NNC(=O)CCCCCCCCCCN1C(=O)CC(C(C)C)C1=O. The van der Waals surface area contributed by atoms with E-state index in [1.807, 2.05) is 27.7 Å². The first-order valence-electron chi connectivity index (χ1n) is 10.7. The molecule has 0 aliphatic carbocycles. The van der Waals surface area contributed by atoms with Gasteiger partial charge in [-0.05, 0) is 32.6 Å². The van der Waals surface area contributed by atoms with Crippen molar-refractivity contribution < 1.29 is 14.4 Å². The van der Waals surface area contributed by atoms with Crippen LogP contribution in [0.15, 0.2) is 0 Å². The Kier molecular flexibility index (Phi) is 11.3. The Bertz CT molecular complexity index is 477. The van der Waals surface area contributed by atoms with Gasteiger partial charge >= 0.3 is 0 Å². The molecule has 1 saturated heterocycles. The Morgan fingerprint density at radius 1 is 0.963 bits per heavy atom. The Balaban J connectivity index is 1.96. The molecule has 2 N–H and O–H groups in total. The lowest BCUT2D eigenvalue weighted by Crippen LogP contribution is -2.41. The number of amides is 3. The first-order valence-corrected chi connectivity index (χ1v) is 10.7. The van der Waals surface area contributed by atoms with Gasteiger partial charge in [0.2, 0.25) is 17.7 Å². The van der Waals surface area contributed by atoms with Crippen molar-refractivity contribution >= 4 is 17.7 Å². The van der Waals surface area contributed by atoms with Crippen molar-refractivity contribution in [3.05, 3.63) is 0 Å². The van der Waals surface area contributed by atoms with Gasteiger partial charge in [-0.1, -0.05) is 52.4 Å². The molecular weight excluding hydrogens is 342 g/mol. The van der Waals surface area contributed by atoms with Crippen molar-refractivity contribution in [1.82, 2.24) is 15.8 Å². The maximum Gasteiger partial charge on any atom is 0.234 e. The molecule has 1 heterocycles. The third-order valence-corrected chi connectivity index (χ3v) is 5.12. The highest BCUT2D eigenvalue weighted by molar-refractivity contribution is 6.03. The summed E-state index contributed by atoms with van der Waals surface area (Å²) in [5, 5.41) is 0. The van der Waals surface area contributed by atoms with Crippen LogP contribution in [0.2, 0.25) is 0 Å². The number of likely N-dealkylation sites (tertiary alicyclic amines) is 1. The van der Waals surface area contributed by atoms with Gasteiger partial charge in [-0.3, -0.25) is 24.7 Å². The maximum absolute atomic E-state index is 12.2. The second-order valence-corrected chi connectivity index (χ2v) is 8.36. The van der Waals surface area contributed by atoms with E-state index in [4.69, 9.17) is 0 Å². The summed E-state index contributed by atoms with van der Waals surface area (Å²) in [5.74, 6) is 0.230. The van der Waals surface area contributed by atoms with Gasteiger partial charge in [-0.2, -0.15) is 0 Å². The lowest BCUT2D eigenvalue weighted by Gasteiger charge is -2.16. The van der Waals surface area contributed by atoms with Crippen LogP contribution < -0.4 is 10.9 Å². The second kappa shape index (κ2) is 12.9. The molecule has 0 aromatic rings. The number of nitrogens with zero attached hydrogens (tertiary/aromatic N) is 1. The first-order chi connectivity index (χ1) is 12.8. The zero-order valence-corrected chi connectivity index (χ0v) is 17.7.